The van der Waals surface area contributed by atoms with E-state index in [1.165, 1.54) is 13.2 Å². The van der Waals surface area contributed by atoms with Gasteiger partial charge in [-0.3, -0.25) is 5.32 Å². The number of oxazole rings is 1. The summed E-state index contributed by atoms with van der Waals surface area (Å²) in [6.07, 6.45) is -5.03. The van der Waals surface area contributed by atoms with Crippen molar-refractivity contribution in [2.75, 3.05) is 12.4 Å². The van der Waals surface area contributed by atoms with Gasteiger partial charge in [0.2, 0.25) is 5.89 Å². The summed E-state index contributed by atoms with van der Waals surface area (Å²) in [5.74, 6) is 0.639. The minimum atomic E-state index is -4.44. The molecule has 0 aliphatic carbocycles. The summed E-state index contributed by atoms with van der Waals surface area (Å²) in [7, 11) is 1.26. The minimum Gasteiger partial charge on any atom is -0.484 e. The summed E-state index contributed by atoms with van der Waals surface area (Å²) >= 11 is 0. The lowest BCUT2D eigenvalue weighted by Crippen LogP contribution is -2.11. The van der Waals surface area contributed by atoms with Gasteiger partial charge in [0, 0.05) is 5.69 Å². The monoisotopic (exact) mass is 380 g/mol. The van der Waals surface area contributed by atoms with Crippen molar-refractivity contribution in [3.63, 3.8) is 0 Å². The van der Waals surface area contributed by atoms with Crippen molar-refractivity contribution < 1.29 is 31.9 Å². The van der Waals surface area contributed by atoms with Crippen LogP contribution in [0, 0.1) is 6.92 Å². The van der Waals surface area contributed by atoms with Crippen LogP contribution < -0.4 is 10.1 Å². The number of hydrogen-bond acceptors (Lipinski definition) is 5. The first-order chi connectivity index (χ1) is 12.8. The molecule has 0 aliphatic rings. The predicted molar refractivity (Wildman–Crippen MR) is 90.5 cm³/mol. The molecule has 1 aromatic heterocycles. The molecule has 0 fully saturated rings. The highest BCUT2D eigenvalue weighted by Gasteiger charge is 2.31. The van der Waals surface area contributed by atoms with E-state index in [-0.39, 0.29) is 23.6 Å². The molecule has 0 radical (unpaired) electrons. The number of carbonyl (C=O) groups excluding carboxylic acids is 1. The smallest absolute Gasteiger partial charge is 0.416 e. The van der Waals surface area contributed by atoms with E-state index < -0.39 is 17.8 Å². The van der Waals surface area contributed by atoms with E-state index in [0.29, 0.717) is 11.4 Å². The second kappa shape index (κ2) is 7.18. The highest BCUT2D eigenvalue weighted by atomic mass is 19.4. The largest absolute Gasteiger partial charge is 0.484 e. The molecule has 0 bridgehead atoms. The average molecular weight is 380 g/mol. The van der Waals surface area contributed by atoms with E-state index >= 15 is 0 Å². The number of ether oxygens (including phenoxy) is 2. The molecule has 3 aromatic rings. The molecular formula is C18H15F3N2O4. The fourth-order valence-corrected chi connectivity index (χ4v) is 2.39. The molecule has 2 aromatic carbocycles. The number of hydrogen-bond donors (Lipinski definition) is 1. The Labute approximate surface area is 151 Å². The number of alkyl halides is 3. The fourth-order valence-electron chi connectivity index (χ4n) is 2.39. The number of methoxy groups -OCH3 is 1. The molecule has 0 unspecified atom stereocenters. The summed E-state index contributed by atoms with van der Waals surface area (Å²) in [6.45, 7) is 1.72. The van der Waals surface area contributed by atoms with Crippen molar-refractivity contribution in [3.8, 4) is 5.75 Å². The molecule has 0 saturated carbocycles. The topological polar surface area (TPSA) is 73.6 Å². The van der Waals surface area contributed by atoms with Crippen LogP contribution >= 0.6 is 0 Å². The number of anilines is 1. The van der Waals surface area contributed by atoms with Crippen LogP contribution in [0.2, 0.25) is 0 Å². The quantitative estimate of drug-likeness (QED) is 0.696. The van der Waals surface area contributed by atoms with Crippen molar-refractivity contribution in [2.24, 2.45) is 0 Å². The number of halogens is 3. The molecule has 1 N–H and O–H groups in total. The molecule has 0 atom stereocenters. The number of amides is 1. The highest BCUT2D eigenvalue weighted by molar-refractivity contribution is 5.85. The average Bonchev–Trinajstić information content (AvgIpc) is 3.03. The molecule has 6 nitrogen and oxygen atoms in total. The summed E-state index contributed by atoms with van der Waals surface area (Å²) < 4.78 is 53.7. The van der Waals surface area contributed by atoms with Crippen molar-refractivity contribution in [2.45, 2.75) is 19.7 Å². The number of fused-ring (bicyclic) bond motifs is 1. The van der Waals surface area contributed by atoms with E-state index in [4.69, 9.17) is 9.15 Å². The molecule has 27 heavy (non-hydrogen) atoms. The van der Waals surface area contributed by atoms with E-state index in [0.717, 1.165) is 17.7 Å². The molecular weight excluding hydrogens is 365 g/mol. The summed E-state index contributed by atoms with van der Waals surface area (Å²) in [4.78, 5) is 15.3. The number of rotatable bonds is 4. The number of carbonyl (C=O) groups is 1. The van der Waals surface area contributed by atoms with Crippen molar-refractivity contribution in [3.05, 3.63) is 53.4 Å². The van der Waals surface area contributed by atoms with Gasteiger partial charge in [-0.05, 0) is 48.9 Å². The minimum absolute atomic E-state index is 0.0563. The van der Waals surface area contributed by atoms with Crippen LogP contribution in [0.4, 0.5) is 23.7 Å². The standard InChI is InChI=1S/C18H15F3N2O4/c1-10-7-12(4-5-13(10)23-17(24)25-2)26-9-16-22-14-8-11(18(19,20)21)3-6-15(14)27-16/h3-8H,9H2,1-2H3,(H,23,24). The van der Waals surface area contributed by atoms with Crippen LogP contribution in [0.5, 0.6) is 5.75 Å². The lowest BCUT2D eigenvalue weighted by Gasteiger charge is -2.09. The highest BCUT2D eigenvalue weighted by Crippen LogP contribution is 2.31. The van der Waals surface area contributed by atoms with Crippen LogP contribution in [0.15, 0.2) is 40.8 Å². The van der Waals surface area contributed by atoms with Gasteiger partial charge in [0.25, 0.3) is 0 Å². The third-order valence-electron chi connectivity index (χ3n) is 3.74. The normalized spacial score (nSPS) is 11.4. The van der Waals surface area contributed by atoms with E-state index in [9.17, 15) is 18.0 Å². The Morgan fingerprint density at radius 1 is 1.22 bits per heavy atom. The number of aryl methyl sites for hydroxylation is 1. The zero-order chi connectivity index (χ0) is 19.6. The molecule has 0 saturated heterocycles. The third-order valence-corrected chi connectivity index (χ3v) is 3.74. The van der Waals surface area contributed by atoms with Crippen molar-refractivity contribution in [1.29, 1.82) is 0 Å². The predicted octanol–water partition coefficient (Wildman–Crippen LogP) is 4.91. The number of nitrogens with zero attached hydrogens (tertiary/aromatic N) is 1. The summed E-state index contributed by atoms with van der Waals surface area (Å²) in [5.41, 5.74) is 0.869. The maximum absolute atomic E-state index is 12.7. The Kier molecular flexibility index (Phi) is 4.93. The summed E-state index contributed by atoms with van der Waals surface area (Å²) in [5, 5.41) is 2.56. The van der Waals surface area contributed by atoms with E-state index in [1.54, 1.807) is 25.1 Å². The molecule has 9 heteroatoms. The third kappa shape index (κ3) is 4.30. The Balaban J connectivity index is 1.71. The molecule has 3 rings (SSSR count). The first-order valence-corrected chi connectivity index (χ1v) is 7.81. The number of nitrogens with one attached hydrogen (secondary N) is 1. The van der Waals surface area contributed by atoms with Gasteiger partial charge in [0.05, 0.1) is 12.7 Å². The summed E-state index contributed by atoms with van der Waals surface area (Å²) in [6, 6.07) is 8.06. The Morgan fingerprint density at radius 2 is 2.00 bits per heavy atom. The van der Waals surface area contributed by atoms with Crippen LogP contribution in [0.3, 0.4) is 0 Å². The van der Waals surface area contributed by atoms with Crippen molar-refractivity contribution in [1.82, 2.24) is 4.98 Å². The second-order valence-electron chi connectivity index (χ2n) is 5.67. The first-order valence-electron chi connectivity index (χ1n) is 7.81. The van der Waals surface area contributed by atoms with Gasteiger partial charge in [-0.1, -0.05) is 0 Å². The number of benzene rings is 2. The van der Waals surface area contributed by atoms with Gasteiger partial charge < -0.3 is 13.9 Å². The first kappa shape index (κ1) is 18.6. The van der Waals surface area contributed by atoms with Gasteiger partial charge in [0.15, 0.2) is 12.2 Å². The van der Waals surface area contributed by atoms with Gasteiger partial charge in [-0.25, -0.2) is 9.78 Å². The molecule has 1 heterocycles. The van der Waals surface area contributed by atoms with Crippen LogP contribution in [-0.4, -0.2) is 18.2 Å². The van der Waals surface area contributed by atoms with Gasteiger partial charge in [0.1, 0.15) is 11.3 Å². The Bertz CT molecular complexity index is 982. The molecule has 0 aliphatic heterocycles. The molecule has 0 spiro atoms. The number of aromatic nitrogens is 1. The zero-order valence-electron chi connectivity index (χ0n) is 14.4. The van der Waals surface area contributed by atoms with E-state index in [1.807, 2.05) is 0 Å². The second-order valence-corrected chi connectivity index (χ2v) is 5.67. The van der Waals surface area contributed by atoms with Crippen LogP contribution in [0.1, 0.15) is 17.0 Å². The maximum atomic E-state index is 12.7. The van der Waals surface area contributed by atoms with E-state index in [2.05, 4.69) is 15.0 Å². The Morgan fingerprint density at radius 3 is 2.67 bits per heavy atom. The lowest BCUT2D eigenvalue weighted by molar-refractivity contribution is -0.137. The molecule has 1 amide bonds. The van der Waals surface area contributed by atoms with Crippen molar-refractivity contribution >= 4 is 22.9 Å². The van der Waals surface area contributed by atoms with Crippen LogP contribution in [-0.2, 0) is 17.5 Å². The fraction of sp³-hybridized carbons (Fsp3) is 0.222. The van der Waals surface area contributed by atoms with Gasteiger partial charge >= 0.3 is 12.3 Å². The SMILES string of the molecule is COC(=O)Nc1ccc(OCc2nc3cc(C(F)(F)F)ccc3o2)cc1C. The maximum Gasteiger partial charge on any atom is 0.416 e. The van der Waals surface area contributed by atoms with Crippen LogP contribution in [0.25, 0.3) is 11.1 Å². The Hall–Kier alpha value is -3.23. The van der Waals surface area contributed by atoms with Gasteiger partial charge in [-0.2, -0.15) is 13.2 Å². The zero-order valence-corrected chi connectivity index (χ0v) is 14.4. The lowest BCUT2D eigenvalue weighted by atomic mass is 10.2. The molecule has 142 valence electrons. The van der Waals surface area contributed by atoms with Gasteiger partial charge in [-0.15, -0.1) is 0 Å².